The number of benzene rings is 2. The number of hydrogen-bond acceptors (Lipinski definition) is 4. The van der Waals surface area contributed by atoms with Crippen molar-refractivity contribution >= 4 is 23.4 Å². The zero-order valence-electron chi connectivity index (χ0n) is 15.9. The van der Waals surface area contributed by atoms with E-state index < -0.39 is 5.60 Å². The fraction of sp³-hybridized carbons (Fsp3) is 0.348. The van der Waals surface area contributed by atoms with Crippen LogP contribution in [0.25, 0.3) is 0 Å². The molecule has 142 valence electrons. The molecule has 0 N–H and O–H groups in total. The second-order valence-corrected chi connectivity index (χ2v) is 7.80. The standard InChI is InChI=1S/C23H22N2O3/c1-25-21(26)16-11-5-6-12-17(16)23(22(25)27)18-13-7-8-14-19(18)24-20(28-23)15-9-3-2-4-10-15/h5-8,11-15H,2-4,9-10H2,1H3. The number of imide groups is 1. The number of ether oxygens (including phenoxy) is 1. The summed E-state index contributed by atoms with van der Waals surface area (Å²) in [4.78, 5) is 32.4. The molecule has 3 aliphatic rings. The highest BCUT2D eigenvalue weighted by atomic mass is 16.5. The summed E-state index contributed by atoms with van der Waals surface area (Å²) in [7, 11) is 1.53. The van der Waals surface area contributed by atoms with E-state index in [4.69, 9.17) is 9.73 Å². The van der Waals surface area contributed by atoms with E-state index in [1.807, 2.05) is 42.5 Å². The van der Waals surface area contributed by atoms with Crippen LogP contribution in [0.3, 0.4) is 0 Å². The van der Waals surface area contributed by atoms with E-state index in [9.17, 15) is 9.59 Å². The van der Waals surface area contributed by atoms with Crippen LogP contribution in [0, 0.1) is 5.92 Å². The molecule has 2 aromatic rings. The third kappa shape index (κ3) is 2.28. The molecule has 2 aromatic carbocycles. The molecule has 5 nitrogen and oxygen atoms in total. The summed E-state index contributed by atoms with van der Waals surface area (Å²) in [6, 6.07) is 14.9. The van der Waals surface area contributed by atoms with Crippen LogP contribution in [0.1, 0.15) is 53.6 Å². The maximum atomic E-state index is 13.6. The zero-order valence-corrected chi connectivity index (χ0v) is 15.9. The highest BCUT2D eigenvalue weighted by molar-refractivity contribution is 6.15. The number of carbonyl (C=O) groups excluding carboxylic acids is 2. The van der Waals surface area contributed by atoms with Crippen LogP contribution in [-0.2, 0) is 15.1 Å². The SMILES string of the molecule is CN1C(=O)c2ccccc2C2(OC(C3CCCCC3)=Nc3ccccc32)C1=O. The summed E-state index contributed by atoms with van der Waals surface area (Å²) in [5.41, 5.74) is 1.21. The molecule has 0 saturated heterocycles. The van der Waals surface area contributed by atoms with Crippen molar-refractivity contribution in [2.75, 3.05) is 7.05 Å². The van der Waals surface area contributed by atoms with Crippen molar-refractivity contribution in [1.82, 2.24) is 4.90 Å². The summed E-state index contributed by atoms with van der Waals surface area (Å²) in [5.74, 6) is 0.187. The first kappa shape index (κ1) is 17.2. The molecule has 2 heterocycles. The maximum absolute atomic E-state index is 13.6. The molecule has 0 bridgehead atoms. The number of amides is 2. The van der Waals surface area contributed by atoms with Crippen LogP contribution in [0.4, 0.5) is 5.69 Å². The fourth-order valence-corrected chi connectivity index (χ4v) is 4.71. The lowest BCUT2D eigenvalue weighted by Gasteiger charge is -2.44. The Balaban J connectivity index is 1.76. The predicted molar refractivity (Wildman–Crippen MR) is 106 cm³/mol. The predicted octanol–water partition coefficient (Wildman–Crippen LogP) is 4.18. The normalized spacial score (nSPS) is 24.5. The Bertz CT molecular complexity index is 1010. The minimum Gasteiger partial charge on any atom is -0.454 e. The molecule has 5 rings (SSSR count). The topological polar surface area (TPSA) is 59.0 Å². The van der Waals surface area contributed by atoms with Crippen LogP contribution in [0.5, 0.6) is 0 Å². The fourth-order valence-electron chi connectivity index (χ4n) is 4.71. The van der Waals surface area contributed by atoms with Gasteiger partial charge in [0.1, 0.15) is 0 Å². The molecule has 0 aromatic heterocycles. The van der Waals surface area contributed by atoms with Gasteiger partial charge in [-0.3, -0.25) is 14.5 Å². The van der Waals surface area contributed by atoms with Gasteiger partial charge < -0.3 is 4.74 Å². The van der Waals surface area contributed by atoms with Gasteiger partial charge in [0.25, 0.3) is 11.8 Å². The van der Waals surface area contributed by atoms with E-state index in [0.717, 1.165) is 31.4 Å². The van der Waals surface area contributed by atoms with Gasteiger partial charge in [-0.05, 0) is 25.0 Å². The van der Waals surface area contributed by atoms with E-state index in [2.05, 4.69) is 0 Å². The quantitative estimate of drug-likeness (QED) is 0.704. The number of carbonyl (C=O) groups is 2. The Morgan fingerprint density at radius 2 is 1.64 bits per heavy atom. The van der Waals surface area contributed by atoms with Gasteiger partial charge in [0.15, 0.2) is 5.90 Å². The first-order chi connectivity index (χ1) is 13.6. The molecule has 2 aliphatic heterocycles. The van der Waals surface area contributed by atoms with Crippen molar-refractivity contribution in [3.63, 3.8) is 0 Å². The number of rotatable bonds is 1. The zero-order chi connectivity index (χ0) is 19.3. The molecule has 2 amide bonds. The molecule has 5 heteroatoms. The van der Waals surface area contributed by atoms with Crippen molar-refractivity contribution in [1.29, 1.82) is 0 Å². The van der Waals surface area contributed by atoms with Crippen molar-refractivity contribution in [3.05, 3.63) is 65.2 Å². The molecule has 1 fully saturated rings. The Labute approximate surface area is 164 Å². The molecule has 1 aliphatic carbocycles. The van der Waals surface area contributed by atoms with Crippen molar-refractivity contribution in [2.24, 2.45) is 10.9 Å². The Kier molecular flexibility index (Phi) is 3.86. The number of nitrogens with zero attached hydrogens (tertiary/aromatic N) is 2. The largest absolute Gasteiger partial charge is 0.454 e. The lowest BCUT2D eigenvalue weighted by molar-refractivity contribution is -0.144. The summed E-state index contributed by atoms with van der Waals surface area (Å²) >= 11 is 0. The minimum atomic E-state index is -1.36. The number of likely N-dealkylation sites (N-methyl/N-ethyl adjacent to an activating group) is 1. The second kappa shape index (κ2) is 6.30. The van der Waals surface area contributed by atoms with Crippen LogP contribution < -0.4 is 0 Å². The molecular formula is C23H22N2O3. The molecule has 1 saturated carbocycles. The molecule has 1 atom stereocenters. The monoisotopic (exact) mass is 374 g/mol. The molecule has 0 radical (unpaired) electrons. The van der Waals surface area contributed by atoms with Gasteiger partial charge in [0, 0.05) is 29.7 Å². The summed E-state index contributed by atoms with van der Waals surface area (Å²) in [6.07, 6.45) is 5.54. The summed E-state index contributed by atoms with van der Waals surface area (Å²) in [5, 5.41) is 0. The van der Waals surface area contributed by atoms with Gasteiger partial charge in [0.05, 0.1) is 5.69 Å². The van der Waals surface area contributed by atoms with Crippen molar-refractivity contribution in [3.8, 4) is 0 Å². The van der Waals surface area contributed by atoms with E-state index >= 15 is 0 Å². The average molecular weight is 374 g/mol. The first-order valence-corrected chi connectivity index (χ1v) is 9.92. The van der Waals surface area contributed by atoms with Gasteiger partial charge in [-0.2, -0.15) is 0 Å². The Hall–Kier alpha value is -2.95. The minimum absolute atomic E-state index is 0.210. The Morgan fingerprint density at radius 1 is 0.964 bits per heavy atom. The third-order valence-electron chi connectivity index (χ3n) is 6.17. The molecular weight excluding hydrogens is 352 g/mol. The van der Waals surface area contributed by atoms with Crippen LogP contribution in [-0.4, -0.2) is 29.7 Å². The average Bonchev–Trinajstić information content (AvgIpc) is 2.76. The molecule has 1 spiro atoms. The molecule has 1 unspecified atom stereocenters. The van der Waals surface area contributed by atoms with Gasteiger partial charge in [0.2, 0.25) is 5.60 Å². The van der Waals surface area contributed by atoms with Gasteiger partial charge in [-0.1, -0.05) is 55.7 Å². The van der Waals surface area contributed by atoms with E-state index in [-0.39, 0.29) is 17.7 Å². The number of hydrogen-bond donors (Lipinski definition) is 0. The summed E-state index contributed by atoms with van der Waals surface area (Å²) in [6.45, 7) is 0. The van der Waals surface area contributed by atoms with Crippen LogP contribution >= 0.6 is 0 Å². The van der Waals surface area contributed by atoms with E-state index in [1.165, 1.54) is 18.4 Å². The van der Waals surface area contributed by atoms with E-state index in [1.54, 1.807) is 6.07 Å². The molecule has 28 heavy (non-hydrogen) atoms. The highest BCUT2D eigenvalue weighted by Crippen LogP contribution is 2.48. The second-order valence-electron chi connectivity index (χ2n) is 7.80. The number of para-hydroxylation sites is 1. The lowest BCUT2D eigenvalue weighted by Crippen LogP contribution is -2.56. The van der Waals surface area contributed by atoms with Gasteiger partial charge >= 0.3 is 0 Å². The summed E-state index contributed by atoms with van der Waals surface area (Å²) < 4.78 is 6.54. The number of aliphatic imine (C=N–C) groups is 1. The smallest absolute Gasteiger partial charge is 0.283 e. The third-order valence-corrected chi connectivity index (χ3v) is 6.17. The van der Waals surface area contributed by atoms with Gasteiger partial charge in [-0.15, -0.1) is 0 Å². The van der Waals surface area contributed by atoms with Crippen molar-refractivity contribution < 1.29 is 14.3 Å². The van der Waals surface area contributed by atoms with Gasteiger partial charge in [-0.25, -0.2) is 4.99 Å². The van der Waals surface area contributed by atoms with Crippen molar-refractivity contribution in [2.45, 2.75) is 37.7 Å². The number of fused-ring (bicyclic) bond motifs is 4. The first-order valence-electron chi connectivity index (χ1n) is 9.92. The van der Waals surface area contributed by atoms with Crippen LogP contribution in [0.2, 0.25) is 0 Å². The highest BCUT2D eigenvalue weighted by Gasteiger charge is 2.56. The Morgan fingerprint density at radius 3 is 2.43 bits per heavy atom. The van der Waals surface area contributed by atoms with Crippen LogP contribution in [0.15, 0.2) is 53.5 Å². The maximum Gasteiger partial charge on any atom is 0.283 e. The van der Waals surface area contributed by atoms with E-state index in [0.29, 0.717) is 22.6 Å². The lowest BCUT2D eigenvalue weighted by atomic mass is 9.77.